The minimum Gasteiger partial charge on any atom is -0.367 e. The summed E-state index contributed by atoms with van der Waals surface area (Å²) < 4.78 is 0. The molecule has 4 nitrogen and oxygen atoms in total. The van der Waals surface area contributed by atoms with Crippen molar-refractivity contribution in [3.05, 3.63) is 51.2 Å². The van der Waals surface area contributed by atoms with Crippen LogP contribution < -0.4 is 4.90 Å². The van der Waals surface area contributed by atoms with Crippen LogP contribution in [0.4, 0.5) is 5.69 Å². The van der Waals surface area contributed by atoms with E-state index < -0.39 is 0 Å². The molecule has 142 valence electrons. The number of hydrogen-bond donors (Lipinski definition) is 0. The number of hydrogen-bond acceptors (Lipinski definition) is 4. The molecule has 3 rings (SSSR count). The molecule has 1 amide bonds. The van der Waals surface area contributed by atoms with Gasteiger partial charge in [0.25, 0.3) is 0 Å². The van der Waals surface area contributed by atoms with Gasteiger partial charge in [0.05, 0.1) is 17.7 Å². The van der Waals surface area contributed by atoms with E-state index in [2.05, 4.69) is 50.8 Å². The van der Waals surface area contributed by atoms with Gasteiger partial charge in [0, 0.05) is 30.6 Å². The average Bonchev–Trinajstić information content (AvgIpc) is 3.13. The first-order valence-corrected chi connectivity index (χ1v) is 10.4. The molecule has 5 heteroatoms. The van der Waals surface area contributed by atoms with E-state index in [0.29, 0.717) is 18.9 Å². The Labute approximate surface area is 166 Å². The molecule has 2 heterocycles. The zero-order valence-electron chi connectivity index (χ0n) is 16.5. The molecule has 1 atom stereocenters. The van der Waals surface area contributed by atoms with E-state index in [4.69, 9.17) is 0 Å². The summed E-state index contributed by atoms with van der Waals surface area (Å²) in [6.45, 7) is 10.7. The number of amides is 1. The molecule has 1 fully saturated rings. The van der Waals surface area contributed by atoms with E-state index in [1.165, 1.54) is 5.56 Å². The molecule has 1 aliphatic heterocycles. The van der Waals surface area contributed by atoms with Gasteiger partial charge in [0.1, 0.15) is 6.07 Å². The molecule has 0 aliphatic carbocycles. The van der Waals surface area contributed by atoms with E-state index in [1.807, 2.05) is 22.4 Å². The van der Waals surface area contributed by atoms with Crippen LogP contribution in [0.1, 0.15) is 48.3 Å². The third-order valence-electron chi connectivity index (χ3n) is 5.32. The second kappa shape index (κ2) is 8.14. The Morgan fingerprint density at radius 1 is 1.33 bits per heavy atom. The number of aryl methyl sites for hydroxylation is 1. The molecular formula is C22H27N3OS. The lowest BCUT2D eigenvalue weighted by Gasteiger charge is -2.41. The second-order valence-corrected chi connectivity index (χ2v) is 8.63. The number of carbonyl (C=O) groups is 1. The predicted molar refractivity (Wildman–Crippen MR) is 111 cm³/mol. The van der Waals surface area contributed by atoms with Crippen LogP contribution in [0.3, 0.4) is 0 Å². The van der Waals surface area contributed by atoms with Crippen LogP contribution in [0.2, 0.25) is 0 Å². The van der Waals surface area contributed by atoms with Crippen molar-refractivity contribution >= 4 is 22.9 Å². The van der Waals surface area contributed by atoms with Crippen molar-refractivity contribution in [1.82, 2.24) is 4.90 Å². The van der Waals surface area contributed by atoms with E-state index in [9.17, 15) is 10.1 Å². The minimum atomic E-state index is 0.126. The van der Waals surface area contributed by atoms with Gasteiger partial charge in [-0.1, -0.05) is 26.0 Å². The Morgan fingerprint density at radius 3 is 2.70 bits per heavy atom. The Kier molecular flexibility index (Phi) is 5.86. The zero-order chi connectivity index (χ0) is 19.6. The van der Waals surface area contributed by atoms with Crippen LogP contribution >= 0.6 is 11.3 Å². The highest BCUT2D eigenvalue weighted by Gasteiger charge is 2.29. The third kappa shape index (κ3) is 4.01. The molecule has 0 spiro atoms. The van der Waals surface area contributed by atoms with Crippen LogP contribution in [0.25, 0.3) is 0 Å². The molecule has 1 aromatic carbocycles. The summed E-state index contributed by atoms with van der Waals surface area (Å²) >= 11 is 1.63. The summed E-state index contributed by atoms with van der Waals surface area (Å²) in [4.78, 5) is 18.1. The largest absolute Gasteiger partial charge is 0.367 e. The lowest BCUT2D eigenvalue weighted by molar-refractivity contribution is -0.132. The number of benzene rings is 1. The average molecular weight is 382 g/mol. The smallest absolute Gasteiger partial charge is 0.228 e. The van der Waals surface area contributed by atoms with Gasteiger partial charge in [-0.15, -0.1) is 11.3 Å². The van der Waals surface area contributed by atoms with Gasteiger partial charge in [-0.05, 0) is 48.4 Å². The van der Waals surface area contributed by atoms with Gasteiger partial charge in [-0.3, -0.25) is 4.79 Å². The van der Waals surface area contributed by atoms with Gasteiger partial charge in [0.15, 0.2) is 0 Å². The van der Waals surface area contributed by atoms with Crippen molar-refractivity contribution in [2.75, 3.05) is 24.5 Å². The van der Waals surface area contributed by atoms with Gasteiger partial charge in [-0.25, -0.2) is 0 Å². The molecule has 0 saturated carbocycles. The number of thiophene rings is 1. The highest BCUT2D eigenvalue weighted by molar-refractivity contribution is 7.10. The summed E-state index contributed by atoms with van der Waals surface area (Å²) in [5.74, 6) is 0.502. The standard InChI is InChI=1S/C22H27N3OS/c1-15(2)22-16(3)7-8-20(19(22)13-23)24-9-10-25(17(4)14-24)21(26)12-18-6-5-11-27-18/h5-8,11,15,17H,9-10,12,14H2,1-4H3/t17-/m1/s1. The maximum Gasteiger partial charge on any atom is 0.228 e. The fraction of sp³-hybridized carbons (Fsp3) is 0.455. The van der Waals surface area contributed by atoms with Gasteiger partial charge < -0.3 is 9.80 Å². The maximum atomic E-state index is 12.7. The molecule has 27 heavy (non-hydrogen) atoms. The topological polar surface area (TPSA) is 47.3 Å². The Hall–Kier alpha value is -2.32. The first kappa shape index (κ1) is 19.4. The normalized spacial score (nSPS) is 17.3. The van der Waals surface area contributed by atoms with Crippen molar-refractivity contribution in [2.24, 2.45) is 0 Å². The van der Waals surface area contributed by atoms with Gasteiger partial charge in [0.2, 0.25) is 5.91 Å². The maximum absolute atomic E-state index is 12.7. The highest BCUT2D eigenvalue weighted by Crippen LogP contribution is 2.32. The first-order chi connectivity index (χ1) is 12.9. The number of piperazine rings is 1. The minimum absolute atomic E-state index is 0.126. The summed E-state index contributed by atoms with van der Waals surface area (Å²) in [5, 5.41) is 11.8. The molecule has 2 aromatic rings. The Morgan fingerprint density at radius 2 is 2.11 bits per heavy atom. The van der Waals surface area contributed by atoms with E-state index in [1.54, 1.807) is 11.3 Å². The molecule has 0 N–H and O–H groups in total. The molecular weight excluding hydrogens is 354 g/mol. The van der Waals surface area contributed by atoms with E-state index in [-0.39, 0.29) is 11.9 Å². The van der Waals surface area contributed by atoms with Crippen molar-refractivity contribution in [2.45, 2.75) is 46.1 Å². The van der Waals surface area contributed by atoms with Crippen LogP contribution in [-0.2, 0) is 11.2 Å². The summed E-state index contributed by atoms with van der Waals surface area (Å²) in [6, 6.07) is 10.8. The number of nitriles is 1. The molecule has 0 unspecified atom stereocenters. The number of rotatable bonds is 4. The first-order valence-electron chi connectivity index (χ1n) is 9.52. The van der Waals surface area contributed by atoms with Gasteiger partial charge in [-0.2, -0.15) is 5.26 Å². The highest BCUT2D eigenvalue weighted by atomic mass is 32.1. The van der Waals surface area contributed by atoms with E-state index >= 15 is 0 Å². The number of anilines is 1. The molecule has 1 saturated heterocycles. The number of carbonyl (C=O) groups excluding carboxylic acids is 1. The fourth-order valence-corrected chi connectivity index (χ4v) is 4.74. The predicted octanol–water partition coefficient (Wildman–Crippen LogP) is 4.33. The fourth-order valence-electron chi connectivity index (χ4n) is 4.05. The third-order valence-corrected chi connectivity index (χ3v) is 6.20. The van der Waals surface area contributed by atoms with Crippen molar-refractivity contribution in [1.29, 1.82) is 5.26 Å². The SMILES string of the molecule is Cc1ccc(N2CCN(C(=O)Cc3cccs3)[C@H](C)C2)c(C#N)c1C(C)C. The number of nitrogens with zero attached hydrogens (tertiary/aromatic N) is 3. The summed E-state index contributed by atoms with van der Waals surface area (Å²) in [6.07, 6.45) is 0.480. The lowest BCUT2D eigenvalue weighted by Crippen LogP contribution is -2.54. The molecule has 0 radical (unpaired) electrons. The van der Waals surface area contributed by atoms with Crippen LogP contribution in [0.5, 0.6) is 0 Å². The Bertz CT molecular complexity index is 851. The lowest BCUT2D eigenvalue weighted by atomic mass is 9.91. The van der Waals surface area contributed by atoms with E-state index in [0.717, 1.165) is 34.8 Å². The zero-order valence-corrected chi connectivity index (χ0v) is 17.3. The van der Waals surface area contributed by atoms with Crippen LogP contribution in [0, 0.1) is 18.3 Å². The van der Waals surface area contributed by atoms with Crippen LogP contribution in [-0.4, -0.2) is 36.5 Å². The molecule has 1 aromatic heterocycles. The second-order valence-electron chi connectivity index (χ2n) is 7.60. The summed E-state index contributed by atoms with van der Waals surface area (Å²) in [5.41, 5.74) is 4.10. The monoisotopic (exact) mass is 381 g/mol. The van der Waals surface area contributed by atoms with Crippen LogP contribution in [0.15, 0.2) is 29.6 Å². The molecule has 0 bridgehead atoms. The van der Waals surface area contributed by atoms with Crippen molar-refractivity contribution in [3.63, 3.8) is 0 Å². The van der Waals surface area contributed by atoms with Gasteiger partial charge >= 0.3 is 0 Å². The quantitative estimate of drug-likeness (QED) is 0.792. The van der Waals surface area contributed by atoms with Crippen molar-refractivity contribution in [3.8, 4) is 6.07 Å². The molecule has 1 aliphatic rings. The Balaban J connectivity index is 1.77. The van der Waals surface area contributed by atoms with Crippen molar-refractivity contribution < 1.29 is 4.79 Å². The summed E-state index contributed by atoms with van der Waals surface area (Å²) in [7, 11) is 0.